The van der Waals surface area contributed by atoms with E-state index >= 15 is 0 Å². The van der Waals surface area contributed by atoms with Crippen molar-refractivity contribution in [1.29, 1.82) is 0 Å². The van der Waals surface area contributed by atoms with Crippen LogP contribution in [0.15, 0.2) is 24.3 Å². The van der Waals surface area contributed by atoms with E-state index in [2.05, 4.69) is 41.8 Å². The van der Waals surface area contributed by atoms with Gasteiger partial charge in [0, 0.05) is 46.4 Å². The summed E-state index contributed by atoms with van der Waals surface area (Å²) in [4.78, 5) is 31.2. The fraction of sp³-hybridized carbons (Fsp3) is 0.619. The molecule has 0 aromatic heterocycles. The Labute approximate surface area is 172 Å². The standard InChI is InChI=1S/C21H31N3O3S/c1-4-18-20(26)24(21(28-18)17-8-6-5-7-16(17)2)14-11-22-9-12-23(13-10-22)19(25)15-27-3/h5-8,18,21H,4,9-15H2,1-3H3. The second kappa shape index (κ2) is 9.76. The number of methoxy groups -OCH3 is 1. The molecule has 0 saturated carbocycles. The molecule has 28 heavy (non-hydrogen) atoms. The molecule has 3 rings (SSSR count). The number of thioether (sulfide) groups is 1. The molecule has 154 valence electrons. The first-order valence-electron chi connectivity index (χ1n) is 10.1. The summed E-state index contributed by atoms with van der Waals surface area (Å²) in [5.74, 6) is 0.313. The quantitative estimate of drug-likeness (QED) is 0.696. The maximum Gasteiger partial charge on any atom is 0.248 e. The van der Waals surface area contributed by atoms with Gasteiger partial charge in [0.15, 0.2) is 0 Å². The zero-order valence-corrected chi connectivity index (χ0v) is 17.9. The van der Waals surface area contributed by atoms with Gasteiger partial charge in [0.05, 0.1) is 5.25 Å². The van der Waals surface area contributed by atoms with Gasteiger partial charge in [-0.1, -0.05) is 31.2 Å². The zero-order chi connectivity index (χ0) is 20.1. The van der Waals surface area contributed by atoms with E-state index in [0.29, 0.717) is 0 Å². The van der Waals surface area contributed by atoms with Gasteiger partial charge in [0.2, 0.25) is 11.8 Å². The van der Waals surface area contributed by atoms with E-state index in [0.717, 1.165) is 45.7 Å². The number of ether oxygens (including phenoxy) is 1. The highest BCUT2D eigenvalue weighted by atomic mass is 32.2. The van der Waals surface area contributed by atoms with Crippen LogP contribution in [-0.4, -0.2) is 84.7 Å². The molecule has 7 heteroatoms. The minimum atomic E-state index is 0.0492. The van der Waals surface area contributed by atoms with Gasteiger partial charge >= 0.3 is 0 Å². The lowest BCUT2D eigenvalue weighted by Crippen LogP contribution is -2.51. The van der Waals surface area contributed by atoms with Gasteiger partial charge < -0.3 is 14.5 Å². The van der Waals surface area contributed by atoms with Crippen LogP contribution in [0.1, 0.15) is 29.8 Å². The number of nitrogens with zero attached hydrogens (tertiary/aromatic N) is 3. The monoisotopic (exact) mass is 405 g/mol. The Morgan fingerprint density at radius 2 is 1.89 bits per heavy atom. The average Bonchev–Trinajstić information content (AvgIpc) is 3.02. The Morgan fingerprint density at radius 1 is 1.18 bits per heavy atom. The minimum absolute atomic E-state index is 0.0492. The summed E-state index contributed by atoms with van der Waals surface area (Å²) < 4.78 is 4.94. The molecular weight excluding hydrogens is 374 g/mol. The molecule has 0 aliphatic carbocycles. The fourth-order valence-electron chi connectivity index (χ4n) is 3.88. The normalized spacial score (nSPS) is 23.5. The summed E-state index contributed by atoms with van der Waals surface area (Å²) in [6.45, 7) is 9.07. The van der Waals surface area contributed by atoms with Crippen LogP contribution in [0.25, 0.3) is 0 Å². The molecule has 0 radical (unpaired) electrons. The van der Waals surface area contributed by atoms with Crippen molar-refractivity contribution in [3.63, 3.8) is 0 Å². The third-order valence-electron chi connectivity index (χ3n) is 5.61. The van der Waals surface area contributed by atoms with Gasteiger partial charge in [-0.3, -0.25) is 14.5 Å². The van der Waals surface area contributed by atoms with Crippen LogP contribution in [0.4, 0.5) is 0 Å². The number of hydrogen-bond acceptors (Lipinski definition) is 5. The van der Waals surface area contributed by atoms with Gasteiger partial charge in [-0.15, -0.1) is 11.8 Å². The predicted octanol–water partition coefficient (Wildman–Crippen LogP) is 2.14. The molecule has 2 amide bonds. The molecule has 1 aromatic rings. The Bertz CT molecular complexity index is 691. The number of carbonyl (C=O) groups excluding carboxylic acids is 2. The first-order valence-corrected chi connectivity index (χ1v) is 11.0. The lowest BCUT2D eigenvalue weighted by Gasteiger charge is -2.36. The smallest absolute Gasteiger partial charge is 0.248 e. The van der Waals surface area contributed by atoms with Crippen molar-refractivity contribution in [2.24, 2.45) is 0 Å². The van der Waals surface area contributed by atoms with Gasteiger partial charge in [-0.2, -0.15) is 0 Å². The molecular formula is C21H31N3O3S. The maximum absolute atomic E-state index is 12.9. The van der Waals surface area contributed by atoms with Crippen LogP contribution in [0.5, 0.6) is 0 Å². The fourth-order valence-corrected chi connectivity index (χ4v) is 5.40. The summed E-state index contributed by atoms with van der Waals surface area (Å²) in [6, 6.07) is 8.37. The highest BCUT2D eigenvalue weighted by Crippen LogP contribution is 2.44. The molecule has 2 fully saturated rings. The van der Waals surface area contributed by atoms with Crippen molar-refractivity contribution < 1.29 is 14.3 Å². The van der Waals surface area contributed by atoms with E-state index in [4.69, 9.17) is 4.74 Å². The number of amides is 2. The molecule has 2 aliphatic rings. The molecule has 2 atom stereocenters. The topological polar surface area (TPSA) is 53.1 Å². The van der Waals surface area contributed by atoms with Crippen LogP contribution in [-0.2, 0) is 14.3 Å². The van der Waals surface area contributed by atoms with Crippen LogP contribution in [0.2, 0.25) is 0 Å². The third-order valence-corrected chi connectivity index (χ3v) is 7.24. The minimum Gasteiger partial charge on any atom is -0.375 e. The van der Waals surface area contributed by atoms with Crippen LogP contribution in [0.3, 0.4) is 0 Å². The summed E-state index contributed by atoms with van der Waals surface area (Å²) in [7, 11) is 1.55. The number of aryl methyl sites for hydroxylation is 1. The summed E-state index contributed by atoms with van der Waals surface area (Å²) >= 11 is 1.78. The predicted molar refractivity (Wildman–Crippen MR) is 112 cm³/mol. The van der Waals surface area contributed by atoms with E-state index < -0.39 is 0 Å². The SMILES string of the molecule is CCC1SC(c2ccccc2C)N(CCN2CCN(C(=O)COC)CC2)C1=O. The summed E-state index contributed by atoms with van der Waals surface area (Å²) in [5, 5.41) is 0.149. The third kappa shape index (κ3) is 4.70. The number of benzene rings is 1. The van der Waals surface area contributed by atoms with Crippen LogP contribution >= 0.6 is 11.8 Å². The van der Waals surface area contributed by atoms with Crippen LogP contribution < -0.4 is 0 Å². The Hall–Kier alpha value is -1.57. The van der Waals surface area contributed by atoms with Crippen molar-refractivity contribution >= 4 is 23.6 Å². The van der Waals surface area contributed by atoms with Crippen molar-refractivity contribution in [3.05, 3.63) is 35.4 Å². The molecule has 2 unspecified atom stereocenters. The second-order valence-electron chi connectivity index (χ2n) is 7.43. The lowest BCUT2D eigenvalue weighted by atomic mass is 10.1. The average molecular weight is 406 g/mol. The molecule has 0 spiro atoms. The number of hydrogen-bond donors (Lipinski definition) is 0. The van der Waals surface area contributed by atoms with Crippen molar-refractivity contribution in [2.45, 2.75) is 30.9 Å². The van der Waals surface area contributed by atoms with E-state index in [1.54, 1.807) is 18.9 Å². The van der Waals surface area contributed by atoms with Crippen molar-refractivity contribution in [1.82, 2.24) is 14.7 Å². The zero-order valence-electron chi connectivity index (χ0n) is 17.1. The molecule has 2 aliphatic heterocycles. The first-order chi connectivity index (χ1) is 13.5. The van der Waals surface area contributed by atoms with E-state index in [1.165, 1.54) is 11.1 Å². The Morgan fingerprint density at radius 3 is 2.54 bits per heavy atom. The van der Waals surface area contributed by atoms with Crippen LogP contribution in [0, 0.1) is 6.92 Å². The van der Waals surface area contributed by atoms with Crippen molar-refractivity contribution in [2.75, 3.05) is 53.0 Å². The number of carbonyl (C=O) groups is 2. The molecule has 0 bridgehead atoms. The van der Waals surface area contributed by atoms with Crippen molar-refractivity contribution in [3.8, 4) is 0 Å². The van der Waals surface area contributed by atoms with Gasteiger partial charge in [0.25, 0.3) is 0 Å². The van der Waals surface area contributed by atoms with Gasteiger partial charge in [0.1, 0.15) is 12.0 Å². The van der Waals surface area contributed by atoms with E-state index in [9.17, 15) is 9.59 Å². The summed E-state index contributed by atoms with van der Waals surface area (Å²) in [6.07, 6.45) is 0.864. The van der Waals surface area contributed by atoms with E-state index in [-0.39, 0.29) is 29.0 Å². The first kappa shape index (κ1) is 21.1. The summed E-state index contributed by atoms with van der Waals surface area (Å²) in [5.41, 5.74) is 2.48. The molecule has 0 N–H and O–H groups in total. The Balaban J connectivity index is 1.60. The largest absolute Gasteiger partial charge is 0.375 e. The number of piperazine rings is 1. The molecule has 6 nitrogen and oxygen atoms in total. The Kier molecular flexibility index (Phi) is 7.37. The highest BCUT2D eigenvalue weighted by molar-refractivity contribution is 8.01. The van der Waals surface area contributed by atoms with E-state index in [1.807, 2.05) is 11.0 Å². The lowest BCUT2D eigenvalue weighted by molar-refractivity contribution is -0.136. The molecule has 2 saturated heterocycles. The van der Waals surface area contributed by atoms with Gasteiger partial charge in [-0.25, -0.2) is 0 Å². The second-order valence-corrected chi connectivity index (χ2v) is 8.72. The highest BCUT2D eigenvalue weighted by Gasteiger charge is 2.40. The van der Waals surface area contributed by atoms with Gasteiger partial charge in [-0.05, 0) is 24.5 Å². The number of rotatable bonds is 7. The maximum atomic E-state index is 12.9. The molecule has 2 heterocycles. The molecule has 1 aromatic carbocycles.